The van der Waals surface area contributed by atoms with E-state index < -0.39 is 16.1 Å². The molecule has 0 aliphatic carbocycles. The van der Waals surface area contributed by atoms with Crippen LogP contribution in [-0.2, 0) is 10.0 Å². The van der Waals surface area contributed by atoms with Gasteiger partial charge in [0.15, 0.2) is 0 Å². The van der Waals surface area contributed by atoms with Crippen molar-refractivity contribution in [1.29, 1.82) is 0 Å². The molecule has 3 N–H and O–H groups in total. The molecule has 0 aromatic heterocycles. The molecule has 0 fully saturated rings. The molecule has 0 aliphatic rings. The molecule has 29 heavy (non-hydrogen) atoms. The fourth-order valence-electron chi connectivity index (χ4n) is 3.04. The van der Waals surface area contributed by atoms with Crippen molar-refractivity contribution in [3.05, 3.63) is 58.7 Å². The van der Waals surface area contributed by atoms with Gasteiger partial charge >= 0.3 is 6.03 Å². The molecular formula is C21H27N3O4S. The number of nitrogens with one attached hydrogen (secondary N) is 3. The average Bonchev–Trinajstić information content (AvgIpc) is 2.61. The molecule has 0 aliphatic heterocycles. The molecule has 2 aromatic rings. The van der Waals surface area contributed by atoms with E-state index in [1.54, 1.807) is 0 Å². The maximum Gasteiger partial charge on any atom is 0.328 e. The summed E-state index contributed by atoms with van der Waals surface area (Å²) in [6.07, 6.45) is 1.66. The number of carbonyl (C=O) groups excluding carboxylic acids is 2. The second-order valence-electron chi connectivity index (χ2n) is 6.97. The Morgan fingerprint density at radius 1 is 0.966 bits per heavy atom. The predicted molar refractivity (Wildman–Crippen MR) is 114 cm³/mol. The first-order valence-corrected chi connectivity index (χ1v) is 10.9. The van der Waals surface area contributed by atoms with Crippen molar-refractivity contribution in [2.45, 2.75) is 45.4 Å². The third-order valence-electron chi connectivity index (χ3n) is 4.37. The van der Waals surface area contributed by atoms with E-state index in [0.717, 1.165) is 29.5 Å². The fraction of sp³-hybridized carbons (Fsp3) is 0.333. The van der Waals surface area contributed by atoms with Gasteiger partial charge in [0.2, 0.25) is 0 Å². The molecule has 0 atom stereocenters. The first-order valence-electron chi connectivity index (χ1n) is 9.44. The lowest BCUT2D eigenvalue weighted by atomic mass is 9.99. The monoisotopic (exact) mass is 417 g/mol. The number of hydrogen-bond donors (Lipinski definition) is 3. The van der Waals surface area contributed by atoms with E-state index in [1.807, 2.05) is 44.5 Å². The van der Waals surface area contributed by atoms with Gasteiger partial charge in [0, 0.05) is 17.8 Å². The van der Waals surface area contributed by atoms with E-state index >= 15 is 0 Å². The summed E-state index contributed by atoms with van der Waals surface area (Å²) < 4.78 is 26.6. The second-order valence-corrected chi connectivity index (χ2v) is 8.65. The SMILES string of the molecule is CCCCNC(=O)NS(=O)(=O)c1ccc(NC(=O)c2c(C)cc(C)cc2C)cc1. The van der Waals surface area contributed by atoms with Crippen LogP contribution >= 0.6 is 0 Å². The number of hydrogen-bond acceptors (Lipinski definition) is 4. The molecule has 0 radical (unpaired) electrons. The van der Waals surface area contributed by atoms with Crippen LogP contribution in [0.15, 0.2) is 41.3 Å². The van der Waals surface area contributed by atoms with Crippen LogP contribution in [0.4, 0.5) is 10.5 Å². The minimum Gasteiger partial charge on any atom is -0.337 e. The number of benzene rings is 2. The lowest BCUT2D eigenvalue weighted by Gasteiger charge is -2.12. The highest BCUT2D eigenvalue weighted by molar-refractivity contribution is 7.90. The summed E-state index contributed by atoms with van der Waals surface area (Å²) in [5.74, 6) is -0.260. The summed E-state index contributed by atoms with van der Waals surface area (Å²) in [5.41, 5.74) is 3.88. The van der Waals surface area contributed by atoms with Gasteiger partial charge in [0.05, 0.1) is 4.90 Å². The van der Waals surface area contributed by atoms with Crippen LogP contribution in [0, 0.1) is 20.8 Å². The smallest absolute Gasteiger partial charge is 0.328 e. The van der Waals surface area contributed by atoms with Gasteiger partial charge in [-0.15, -0.1) is 0 Å². The van der Waals surface area contributed by atoms with Crippen molar-refractivity contribution in [2.75, 3.05) is 11.9 Å². The molecule has 0 heterocycles. The zero-order chi connectivity index (χ0) is 21.6. The van der Waals surface area contributed by atoms with E-state index in [4.69, 9.17) is 0 Å². The van der Waals surface area contributed by atoms with Crippen LogP contribution in [0.1, 0.15) is 46.8 Å². The Labute approximate surface area is 172 Å². The zero-order valence-corrected chi connectivity index (χ0v) is 17.9. The van der Waals surface area contributed by atoms with Gasteiger partial charge in [-0.3, -0.25) is 4.79 Å². The van der Waals surface area contributed by atoms with Crippen LogP contribution in [0.25, 0.3) is 0 Å². The molecule has 2 rings (SSSR count). The number of sulfonamides is 1. The first-order chi connectivity index (χ1) is 13.6. The molecule has 0 saturated heterocycles. The Kier molecular flexibility index (Phi) is 7.39. The third-order valence-corrected chi connectivity index (χ3v) is 5.72. The van der Waals surface area contributed by atoms with Crippen molar-refractivity contribution in [3.8, 4) is 0 Å². The van der Waals surface area contributed by atoms with Gasteiger partial charge in [-0.1, -0.05) is 31.0 Å². The third kappa shape index (κ3) is 6.05. The number of carbonyl (C=O) groups is 2. The number of urea groups is 1. The topological polar surface area (TPSA) is 104 Å². The summed E-state index contributed by atoms with van der Waals surface area (Å²) in [5, 5.41) is 5.27. The zero-order valence-electron chi connectivity index (χ0n) is 17.1. The van der Waals surface area contributed by atoms with Gasteiger partial charge in [-0.25, -0.2) is 17.9 Å². The summed E-state index contributed by atoms with van der Waals surface area (Å²) in [6.45, 7) is 8.10. The highest BCUT2D eigenvalue weighted by Gasteiger charge is 2.18. The molecule has 0 unspecified atom stereocenters. The summed E-state index contributed by atoms with van der Waals surface area (Å²) >= 11 is 0. The van der Waals surface area contributed by atoms with Crippen LogP contribution < -0.4 is 15.4 Å². The summed E-state index contributed by atoms with van der Waals surface area (Å²) in [4.78, 5) is 24.3. The van der Waals surface area contributed by atoms with Gasteiger partial charge in [0.1, 0.15) is 0 Å². The minimum absolute atomic E-state index is 0.0659. The lowest BCUT2D eigenvalue weighted by molar-refractivity contribution is 0.102. The van der Waals surface area contributed by atoms with Crippen LogP contribution in [0.3, 0.4) is 0 Å². The Morgan fingerprint density at radius 3 is 2.10 bits per heavy atom. The number of amides is 3. The van der Waals surface area contributed by atoms with Crippen LogP contribution in [0.2, 0.25) is 0 Å². The Morgan fingerprint density at radius 2 is 1.55 bits per heavy atom. The summed E-state index contributed by atoms with van der Waals surface area (Å²) in [7, 11) is -3.99. The average molecular weight is 418 g/mol. The Balaban J connectivity index is 2.08. The molecule has 0 saturated carbocycles. The standard InChI is InChI=1S/C21H27N3O4S/c1-5-6-11-22-21(26)24-29(27,28)18-9-7-17(8-10-18)23-20(25)19-15(3)12-14(2)13-16(19)4/h7-10,12-13H,5-6,11H2,1-4H3,(H,23,25)(H2,22,24,26). The molecule has 7 nitrogen and oxygen atoms in total. The molecule has 2 aromatic carbocycles. The highest BCUT2D eigenvalue weighted by Crippen LogP contribution is 2.19. The number of rotatable bonds is 7. The van der Waals surface area contributed by atoms with Gasteiger partial charge < -0.3 is 10.6 Å². The molecule has 0 bridgehead atoms. The highest BCUT2D eigenvalue weighted by atomic mass is 32.2. The first kappa shape index (κ1) is 22.4. The van der Waals surface area contributed by atoms with Crippen molar-refractivity contribution in [1.82, 2.24) is 10.0 Å². The molecule has 3 amide bonds. The molecular weight excluding hydrogens is 390 g/mol. The van der Waals surface area contributed by atoms with Gasteiger partial charge in [0.25, 0.3) is 15.9 Å². The maximum absolute atomic E-state index is 12.6. The predicted octanol–water partition coefficient (Wildman–Crippen LogP) is 3.65. The number of unbranched alkanes of at least 4 members (excludes halogenated alkanes) is 1. The lowest BCUT2D eigenvalue weighted by Crippen LogP contribution is -2.39. The number of aryl methyl sites for hydroxylation is 3. The van der Waals surface area contributed by atoms with Crippen molar-refractivity contribution in [2.24, 2.45) is 0 Å². The fourth-order valence-corrected chi connectivity index (χ4v) is 3.97. The minimum atomic E-state index is -3.99. The van der Waals surface area contributed by atoms with Crippen LogP contribution in [-0.4, -0.2) is 26.9 Å². The van der Waals surface area contributed by atoms with Crippen LogP contribution in [0.5, 0.6) is 0 Å². The molecule has 0 spiro atoms. The quantitative estimate of drug-likeness (QED) is 0.598. The van der Waals surface area contributed by atoms with E-state index in [2.05, 4.69) is 10.6 Å². The van der Waals surface area contributed by atoms with Crippen molar-refractivity contribution >= 4 is 27.6 Å². The van der Waals surface area contributed by atoms with E-state index in [9.17, 15) is 18.0 Å². The van der Waals surface area contributed by atoms with Gasteiger partial charge in [-0.2, -0.15) is 0 Å². The summed E-state index contributed by atoms with van der Waals surface area (Å²) in [6, 6.07) is 8.77. The van der Waals surface area contributed by atoms with Crippen molar-refractivity contribution in [3.63, 3.8) is 0 Å². The van der Waals surface area contributed by atoms with Gasteiger partial charge in [-0.05, 0) is 62.6 Å². The molecule has 156 valence electrons. The van der Waals surface area contributed by atoms with E-state index in [0.29, 0.717) is 17.8 Å². The Hall–Kier alpha value is -2.87. The van der Waals surface area contributed by atoms with E-state index in [-0.39, 0.29) is 10.8 Å². The van der Waals surface area contributed by atoms with Crippen molar-refractivity contribution < 1.29 is 18.0 Å². The van der Waals surface area contributed by atoms with E-state index in [1.165, 1.54) is 24.3 Å². The molecule has 8 heteroatoms. The Bertz CT molecular complexity index is 976. The largest absolute Gasteiger partial charge is 0.337 e. The maximum atomic E-state index is 12.6. The normalized spacial score (nSPS) is 11.0. The number of anilines is 1. The second kappa shape index (κ2) is 9.56.